The van der Waals surface area contributed by atoms with E-state index in [0.717, 1.165) is 27.8 Å². The highest BCUT2D eigenvalue weighted by atomic mass is 35.5. The number of benzene rings is 2. The summed E-state index contributed by atoms with van der Waals surface area (Å²) >= 11 is 6.32. The van der Waals surface area contributed by atoms with E-state index in [4.69, 9.17) is 21.1 Å². The Morgan fingerprint density at radius 1 is 1.20 bits per heavy atom. The first-order chi connectivity index (χ1) is 12.1. The molecule has 0 radical (unpaired) electrons. The molecule has 3 aromatic rings. The monoisotopic (exact) mass is 358 g/mol. The van der Waals surface area contributed by atoms with E-state index in [1.807, 2.05) is 30.3 Å². The number of aromatic amines is 1. The van der Waals surface area contributed by atoms with Crippen molar-refractivity contribution in [2.24, 2.45) is 0 Å². The molecule has 0 saturated carbocycles. The highest BCUT2D eigenvalue weighted by Gasteiger charge is 2.18. The Morgan fingerprint density at radius 3 is 2.80 bits per heavy atom. The predicted octanol–water partition coefficient (Wildman–Crippen LogP) is 3.91. The summed E-state index contributed by atoms with van der Waals surface area (Å²) in [6.07, 6.45) is 1.79. The molecule has 0 aliphatic rings. The Hall–Kier alpha value is -2.50. The van der Waals surface area contributed by atoms with Crippen molar-refractivity contribution in [3.8, 4) is 5.75 Å². The molecule has 1 aromatic heterocycles. The van der Waals surface area contributed by atoms with Crippen LogP contribution < -0.4 is 10.1 Å². The first kappa shape index (κ1) is 17.3. The van der Waals surface area contributed by atoms with Gasteiger partial charge in [-0.2, -0.15) is 0 Å². The van der Waals surface area contributed by atoms with E-state index in [1.165, 1.54) is 7.11 Å². The summed E-state index contributed by atoms with van der Waals surface area (Å²) in [4.78, 5) is 15.1. The second-order valence-corrected chi connectivity index (χ2v) is 6.01. The van der Waals surface area contributed by atoms with Gasteiger partial charge in [0.25, 0.3) is 0 Å². The van der Waals surface area contributed by atoms with Crippen LogP contribution in [0.1, 0.15) is 21.5 Å². The molecule has 6 heteroatoms. The molecule has 130 valence electrons. The fraction of sp³-hybridized carbons (Fsp3) is 0.211. The average molecular weight is 359 g/mol. The maximum Gasteiger partial charge on any atom is 0.340 e. The van der Waals surface area contributed by atoms with Crippen molar-refractivity contribution in [2.45, 2.75) is 13.1 Å². The van der Waals surface area contributed by atoms with Crippen LogP contribution in [-0.4, -0.2) is 25.2 Å². The van der Waals surface area contributed by atoms with Crippen molar-refractivity contribution in [2.75, 3.05) is 14.2 Å². The van der Waals surface area contributed by atoms with E-state index in [2.05, 4.69) is 10.3 Å². The van der Waals surface area contributed by atoms with E-state index in [-0.39, 0.29) is 0 Å². The van der Waals surface area contributed by atoms with Crippen LogP contribution in [0.2, 0.25) is 5.02 Å². The molecule has 0 fully saturated rings. The first-order valence-corrected chi connectivity index (χ1v) is 8.22. The lowest BCUT2D eigenvalue weighted by atomic mass is 10.1. The molecule has 3 rings (SSSR count). The summed E-state index contributed by atoms with van der Waals surface area (Å²) in [5, 5.41) is 4.54. The number of methoxy groups -OCH3 is 2. The van der Waals surface area contributed by atoms with Gasteiger partial charge in [-0.3, -0.25) is 0 Å². The third-order valence-corrected chi connectivity index (χ3v) is 4.34. The smallest absolute Gasteiger partial charge is 0.340 e. The maximum absolute atomic E-state index is 12.0. The van der Waals surface area contributed by atoms with Gasteiger partial charge < -0.3 is 19.8 Å². The number of fused-ring (bicyclic) bond motifs is 1. The zero-order chi connectivity index (χ0) is 17.8. The lowest BCUT2D eigenvalue weighted by molar-refractivity contribution is 0.0603. The molecule has 0 bridgehead atoms. The molecule has 0 aliphatic carbocycles. The van der Waals surface area contributed by atoms with Crippen LogP contribution >= 0.6 is 11.6 Å². The van der Waals surface area contributed by atoms with E-state index in [9.17, 15) is 4.79 Å². The number of ether oxygens (including phenoxy) is 2. The van der Waals surface area contributed by atoms with Gasteiger partial charge in [-0.25, -0.2) is 4.79 Å². The molecular formula is C19H19ClN2O3. The molecule has 1 heterocycles. The molecule has 0 amide bonds. The SMILES string of the molecule is COC(=O)c1c(Cl)cc(CNCc2cccc(OC)c2)c2[nH]ccc12. The zero-order valence-electron chi connectivity index (χ0n) is 14.1. The molecule has 0 spiro atoms. The molecule has 0 saturated heterocycles. The quantitative estimate of drug-likeness (QED) is 0.656. The number of nitrogens with one attached hydrogen (secondary N) is 2. The fourth-order valence-corrected chi connectivity index (χ4v) is 3.15. The summed E-state index contributed by atoms with van der Waals surface area (Å²) in [6, 6.07) is 11.5. The Bertz CT molecular complexity index is 905. The fourth-order valence-electron chi connectivity index (χ4n) is 2.84. The van der Waals surface area contributed by atoms with Crippen LogP contribution in [0.25, 0.3) is 10.9 Å². The van der Waals surface area contributed by atoms with Gasteiger partial charge in [-0.05, 0) is 35.4 Å². The van der Waals surface area contributed by atoms with E-state index < -0.39 is 5.97 Å². The highest BCUT2D eigenvalue weighted by molar-refractivity contribution is 6.35. The Labute approximate surface area is 150 Å². The van der Waals surface area contributed by atoms with Gasteiger partial charge in [0, 0.05) is 24.7 Å². The lowest BCUT2D eigenvalue weighted by Crippen LogP contribution is -2.14. The van der Waals surface area contributed by atoms with Crippen molar-refractivity contribution in [3.05, 3.63) is 64.3 Å². The van der Waals surface area contributed by atoms with Gasteiger partial charge in [0.05, 0.1) is 30.3 Å². The van der Waals surface area contributed by atoms with Gasteiger partial charge in [0.2, 0.25) is 0 Å². The third kappa shape index (κ3) is 3.62. The molecule has 0 unspecified atom stereocenters. The number of carbonyl (C=O) groups excluding carboxylic acids is 1. The molecule has 2 aromatic carbocycles. The number of H-pyrrole nitrogens is 1. The summed E-state index contributed by atoms with van der Waals surface area (Å²) in [7, 11) is 3.00. The number of hydrogen-bond acceptors (Lipinski definition) is 4. The molecule has 0 aliphatic heterocycles. The number of carbonyl (C=O) groups is 1. The van der Waals surface area contributed by atoms with E-state index in [1.54, 1.807) is 19.4 Å². The van der Waals surface area contributed by atoms with Gasteiger partial charge in [0.15, 0.2) is 0 Å². The van der Waals surface area contributed by atoms with Crippen LogP contribution in [-0.2, 0) is 17.8 Å². The summed E-state index contributed by atoms with van der Waals surface area (Å²) in [5.41, 5.74) is 3.37. The van der Waals surface area contributed by atoms with Gasteiger partial charge in [-0.15, -0.1) is 0 Å². The number of hydrogen-bond donors (Lipinski definition) is 2. The number of halogens is 1. The van der Waals surface area contributed by atoms with Crippen molar-refractivity contribution in [1.29, 1.82) is 0 Å². The third-order valence-electron chi connectivity index (χ3n) is 4.05. The minimum absolute atomic E-state index is 0.386. The number of esters is 1. The highest BCUT2D eigenvalue weighted by Crippen LogP contribution is 2.29. The van der Waals surface area contributed by atoms with Crippen molar-refractivity contribution in [1.82, 2.24) is 10.3 Å². The minimum Gasteiger partial charge on any atom is -0.497 e. The Balaban J connectivity index is 1.80. The topological polar surface area (TPSA) is 63.4 Å². The maximum atomic E-state index is 12.0. The van der Waals surface area contributed by atoms with E-state index >= 15 is 0 Å². The second kappa shape index (κ2) is 7.59. The molecular weight excluding hydrogens is 340 g/mol. The largest absolute Gasteiger partial charge is 0.497 e. The second-order valence-electron chi connectivity index (χ2n) is 5.61. The predicted molar refractivity (Wildman–Crippen MR) is 98.2 cm³/mol. The van der Waals surface area contributed by atoms with E-state index in [0.29, 0.717) is 23.7 Å². The Morgan fingerprint density at radius 2 is 2.04 bits per heavy atom. The minimum atomic E-state index is -0.439. The van der Waals surface area contributed by atoms with Crippen molar-refractivity contribution >= 4 is 28.5 Å². The molecule has 5 nitrogen and oxygen atoms in total. The van der Waals surface area contributed by atoms with Crippen LogP contribution in [0, 0.1) is 0 Å². The van der Waals surface area contributed by atoms with Crippen molar-refractivity contribution in [3.63, 3.8) is 0 Å². The Kier molecular flexibility index (Phi) is 5.26. The first-order valence-electron chi connectivity index (χ1n) is 7.84. The van der Waals surface area contributed by atoms with Crippen LogP contribution in [0.5, 0.6) is 5.75 Å². The lowest BCUT2D eigenvalue weighted by Gasteiger charge is -2.11. The number of aromatic nitrogens is 1. The van der Waals surface area contributed by atoms with Crippen LogP contribution in [0.15, 0.2) is 42.6 Å². The van der Waals surface area contributed by atoms with Gasteiger partial charge >= 0.3 is 5.97 Å². The molecule has 0 atom stereocenters. The molecule has 2 N–H and O–H groups in total. The summed E-state index contributed by atoms with van der Waals surface area (Å²) in [5.74, 6) is 0.391. The zero-order valence-corrected chi connectivity index (χ0v) is 14.8. The standard InChI is InChI=1S/C19H19ClN2O3/c1-24-14-5-3-4-12(8-14)10-21-11-13-9-16(20)17(19(23)25-2)15-6-7-22-18(13)15/h3-9,21-22H,10-11H2,1-2H3. The van der Waals surface area contributed by atoms with Gasteiger partial charge in [-0.1, -0.05) is 23.7 Å². The van der Waals surface area contributed by atoms with Gasteiger partial charge in [0.1, 0.15) is 5.75 Å². The number of rotatable bonds is 6. The van der Waals surface area contributed by atoms with Crippen molar-refractivity contribution < 1.29 is 14.3 Å². The summed E-state index contributed by atoms with van der Waals surface area (Å²) < 4.78 is 10.1. The summed E-state index contributed by atoms with van der Waals surface area (Å²) in [6.45, 7) is 1.30. The van der Waals surface area contributed by atoms with Crippen LogP contribution in [0.4, 0.5) is 0 Å². The average Bonchev–Trinajstić information content (AvgIpc) is 3.11. The molecule has 25 heavy (non-hydrogen) atoms. The van der Waals surface area contributed by atoms with Crippen LogP contribution in [0.3, 0.4) is 0 Å². The normalized spacial score (nSPS) is 10.8.